The molecule has 0 aliphatic heterocycles. The Morgan fingerprint density at radius 2 is 0.950 bits per heavy atom. The van der Waals surface area contributed by atoms with Crippen LogP contribution in [0.15, 0.2) is 69.2 Å². The fraction of sp³-hybridized carbons (Fsp3) is 0.250. The molecule has 0 amide bonds. The second-order valence-electron chi connectivity index (χ2n) is 4.75. The predicted octanol–water partition coefficient (Wildman–Crippen LogP) is 4.82. The Kier molecular flexibility index (Phi) is 5.12. The van der Waals surface area contributed by atoms with Gasteiger partial charge in [0.1, 0.15) is 0 Å². The Labute approximate surface area is 119 Å². The molecule has 20 heavy (non-hydrogen) atoms. The lowest BCUT2D eigenvalue weighted by Gasteiger charge is -1.95. The lowest BCUT2D eigenvalue weighted by atomic mass is 10.2. The highest BCUT2D eigenvalue weighted by atomic mass is 15.5. The van der Waals surface area contributed by atoms with Crippen LogP contribution in [0.1, 0.15) is 22.3 Å². The van der Waals surface area contributed by atoms with Crippen LogP contribution in [0, 0.1) is 13.8 Å². The quantitative estimate of drug-likeness (QED) is 0.550. The van der Waals surface area contributed by atoms with E-state index in [2.05, 4.69) is 58.8 Å². The smallest absolute Gasteiger partial charge is 0.0872 e. The molecule has 0 atom stereocenters. The molecule has 4 heteroatoms. The summed E-state index contributed by atoms with van der Waals surface area (Å²) in [6.45, 7) is 5.18. The lowest BCUT2D eigenvalue weighted by Crippen LogP contribution is -1.80. The Balaban J connectivity index is 1.76. The van der Waals surface area contributed by atoms with Crippen molar-refractivity contribution in [1.82, 2.24) is 0 Å². The van der Waals surface area contributed by atoms with Crippen molar-refractivity contribution in [2.75, 3.05) is 0 Å². The van der Waals surface area contributed by atoms with Gasteiger partial charge in [-0.2, -0.15) is 10.2 Å². The molecule has 0 N–H and O–H groups in total. The van der Waals surface area contributed by atoms with E-state index >= 15 is 0 Å². The largest absolute Gasteiger partial charge is 0.163 e. The van der Waals surface area contributed by atoms with Crippen molar-refractivity contribution in [2.45, 2.75) is 26.9 Å². The van der Waals surface area contributed by atoms with E-state index in [-0.39, 0.29) is 0 Å². The summed E-state index contributed by atoms with van der Waals surface area (Å²) >= 11 is 0. The fourth-order valence-corrected chi connectivity index (χ4v) is 1.67. The van der Waals surface area contributed by atoms with Gasteiger partial charge >= 0.3 is 0 Å². The number of hydrogen-bond acceptors (Lipinski definition) is 2. The van der Waals surface area contributed by atoms with Gasteiger partial charge < -0.3 is 0 Å². The highest BCUT2D eigenvalue weighted by Crippen LogP contribution is 2.06. The van der Waals surface area contributed by atoms with Gasteiger partial charge in [-0.05, 0) is 35.4 Å². The third kappa shape index (κ3) is 4.72. The van der Waals surface area contributed by atoms with E-state index in [4.69, 9.17) is 0 Å². The lowest BCUT2D eigenvalue weighted by molar-refractivity contribution is 0.803. The zero-order valence-corrected chi connectivity index (χ0v) is 11.8. The minimum atomic E-state index is 0.532. The van der Waals surface area contributed by atoms with Crippen LogP contribution in [-0.2, 0) is 13.1 Å². The van der Waals surface area contributed by atoms with E-state index in [0.717, 1.165) is 11.1 Å². The SMILES string of the molecule is Cc1ccc(CN=NN=NCc2ccc(C)cc2)cc1. The maximum Gasteiger partial charge on any atom is 0.0872 e. The first-order chi connectivity index (χ1) is 9.74. The molecule has 0 heterocycles. The van der Waals surface area contributed by atoms with E-state index in [1.807, 2.05) is 24.3 Å². The van der Waals surface area contributed by atoms with Gasteiger partial charge in [0.15, 0.2) is 0 Å². The van der Waals surface area contributed by atoms with Crippen molar-refractivity contribution in [3.05, 3.63) is 70.8 Å². The Morgan fingerprint density at radius 1 is 0.600 bits per heavy atom. The van der Waals surface area contributed by atoms with Gasteiger partial charge in [0, 0.05) is 0 Å². The highest BCUT2D eigenvalue weighted by Gasteiger charge is 1.90. The molecule has 2 rings (SSSR count). The van der Waals surface area contributed by atoms with Gasteiger partial charge in [-0.3, -0.25) is 0 Å². The summed E-state index contributed by atoms with van der Waals surface area (Å²) in [5.41, 5.74) is 4.72. The van der Waals surface area contributed by atoms with E-state index in [1.54, 1.807) is 0 Å². The van der Waals surface area contributed by atoms with Crippen LogP contribution >= 0.6 is 0 Å². The molecule has 0 bridgehead atoms. The van der Waals surface area contributed by atoms with E-state index in [9.17, 15) is 0 Å². The topological polar surface area (TPSA) is 49.4 Å². The highest BCUT2D eigenvalue weighted by molar-refractivity contribution is 5.21. The third-order valence-corrected chi connectivity index (χ3v) is 2.91. The van der Waals surface area contributed by atoms with Gasteiger partial charge in [0.25, 0.3) is 0 Å². The molecule has 0 aromatic heterocycles. The van der Waals surface area contributed by atoms with Crippen LogP contribution in [0.3, 0.4) is 0 Å². The first-order valence-corrected chi connectivity index (χ1v) is 6.58. The van der Waals surface area contributed by atoms with Crippen LogP contribution in [0.25, 0.3) is 0 Å². The molecule has 0 spiro atoms. The normalized spacial score (nSPS) is 11.5. The summed E-state index contributed by atoms with van der Waals surface area (Å²) in [5, 5.41) is 15.4. The van der Waals surface area contributed by atoms with Crippen LogP contribution in [0.2, 0.25) is 0 Å². The Hall–Kier alpha value is -2.36. The van der Waals surface area contributed by atoms with Gasteiger partial charge in [-0.25, -0.2) is 0 Å². The van der Waals surface area contributed by atoms with Crippen molar-refractivity contribution in [1.29, 1.82) is 0 Å². The summed E-state index contributed by atoms with van der Waals surface area (Å²) in [6.07, 6.45) is 0. The molecular formula is C16H18N4. The zero-order chi connectivity index (χ0) is 14.2. The van der Waals surface area contributed by atoms with Gasteiger partial charge in [0.05, 0.1) is 13.1 Å². The van der Waals surface area contributed by atoms with Gasteiger partial charge in [0.2, 0.25) is 0 Å². The Bertz CT molecular complexity index is 527. The molecule has 2 aromatic rings. The maximum absolute atomic E-state index is 3.98. The second-order valence-corrected chi connectivity index (χ2v) is 4.75. The molecule has 102 valence electrons. The average molecular weight is 266 g/mol. The van der Waals surface area contributed by atoms with E-state index in [0.29, 0.717) is 13.1 Å². The average Bonchev–Trinajstić information content (AvgIpc) is 2.46. The summed E-state index contributed by atoms with van der Waals surface area (Å²) in [7, 11) is 0. The minimum Gasteiger partial charge on any atom is -0.163 e. The standard InChI is InChI=1S/C16H18N4/c1-13-3-7-15(8-4-13)11-17-19-20-18-12-16-9-5-14(2)6-10-16/h3-10H,11-12H2,1-2H3. The summed E-state index contributed by atoms with van der Waals surface area (Å²) in [4.78, 5) is 0. The molecule has 0 aliphatic carbocycles. The van der Waals surface area contributed by atoms with Crippen LogP contribution in [-0.4, -0.2) is 0 Å². The number of rotatable bonds is 5. The fourth-order valence-electron chi connectivity index (χ4n) is 1.67. The van der Waals surface area contributed by atoms with Crippen LogP contribution < -0.4 is 0 Å². The monoisotopic (exact) mass is 266 g/mol. The number of benzene rings is 2. The molecule has 0 unspecified atom stereocenters. The molecule has 0 saturated heterocycles. The molecular weight excluding hydrogens is 248 g/mol. The first-order valence-electron chi connectivity index (χ1n) is 6.58. The summed E-state index contributed by atoms with van der Waals surface area (Å²) in [5.74, 6) is 0. The minimum absolute atomic E-state index is 0.532. The van der Waals surface area contributed by atoms with Crippen molar-refractivity contribution < 1.29 is 0 Å². The molecule has 0 saturated carbocycles. The van der Waals surface area contributed by atoms with Crippen molar-refractivity contribution in [2.24, 2.45) is 20.7 Å². The maximum atomic E-state index is 3.98. The number of hydrogen-bond donors (Lipinski definition) is 0. The second kappa shape index (κ2) is 7.28. The Morgan fingerprint density at radius 3 is 1.30 bits per heavy atom. The predicted molar refractivity (Wildman–Crippen MR) is 79.5 cm³/mol. The molecule has 0 radical (unpaired) electrons. The van der Waals surface area contributed by atoms with Gasteiger partial charge in [-0.1, -0.05) is 59.7 Å². The molecule has 0 fully saturated rings. The number of aryl methyl sites for hydroxylation is 2. The van der Waals surface area contributed by atoms with Crippen molar-refractivity contribution in [3.8, 4) is 0 Å². The van der Waals surface area contributed by atoms with E-state index in [1.165, 1.54) is 11.1 Å². The number of nitrogens with zero attached hydrogens (tertiary/aromatic N) is 4. The van der Waals surface area contributed by atoms with Crippen molar-refractivity contribution >= 4 is 0 Å². The molecule has 4 nitrogen and oxygen atoms in total. The summed E-state index contributed by atoms with van der Waals surface area (Å²) < 4.78 is 0. The van der Waals surface area contributed by atoms with Crippen LogP contribution in [0.5, 0.6) is 0 Å². The van der Waals surface area contributed by atoms with E-state index < -0.39 is 0 Å². The van der Waals surface area contributed by atoms with Crippen molar-refractivity contribution in [3.63, 3.8) is 0 Å². The third-order valence-electron chi connectivity index (χ3n) is 2.91. The first kappa shape index (κ1) is 14.1. The zero-order valence-electron chi connectivity index (χ0n) is 11.8. The summed E-state index contributed by atoms with van der Waals surface area (Å²) in [6, 6.07) is 16.4. The van der Waals surface area contributed by atoms with Crippen LogP contribution in [0.4, 0.5) is 0 Å². The molecule has 2 aromatic carbocycles. The molecule has 0 aliphatic rings. The van der Waals surface area contributed by atoms with Gasteiger partial charge in [-0.15, -0.1) is 0 Å².